The summed E-state index contributed by atoms with van der Waals surface area (Å²) in [7, 11) is 1.81. The highest BCUT2D eigenvalue weighted by molar-refractivity contribution is 6.27. The number of halogens is 1. The van der Waals surface area contributed by atoms with Gasteiger partial charge in [0.15, 0.2) is 0 Å². The third kappa shape index (κ3) is 3.93. The zero-order valence-electron chi connectivity index (χ0n) is 13.9. The van der Waals surface area contributed by atoms with E-state index in [4.69, 9.17) is 11.6 Å². The number of alkyl halides is 1. The van der Waals surface area contributed by atoms with Gasteiger partial charge in [-0.2, -0.15) is 0 Å². The number of rotatable bonds is 5. The summed E-state index contributed by atoms with van der Waals surface area (Å²) in [5, 5.41) is 6.24. The van der Waals surface area contributed by atoms with E-state index in [0.717, 1.165) is 23.4 Å². The van der Waals surface area contributed by atoms with E-state index in [2.05, 4.69) is 20.6 Å². The highest BCUT2D eigenvalue weighted by Gasteiger charge is 2.26. The molecule has 0 aliphatic carbocycles. The number of anilines is 2. The number of hydrogen-bond acceptors (Lipinski definition) is 5. The Labute approximate surface area is 150 Å². The summed E-state index contributed by atoms with van der Waals surface area (Å²) in [6.45, 7) is 1.20. The van der Waals surface area contributed by atoms with Gasteiger partial charge in [-0.15, -0.1) is 11.6 Å². The van der Waals surface area contributed by atoms with Crippen molar-refractivity contribution in [1.82, 2.24) is 14.9 Å². The minimum atomic E-state index is -0.186. The first-order valence-corrected chi connectivity index (χ1v) is 8.61. The molecule has 8 heteroatoms. The molecule has 0 aromatic carbocycles. The Kier molecular flexibility index (Phi) is 5.23. The largest absolute Gasteiger partial charge is 0.376 e. The van der Waals surface area contributed by atoms with Gasteiger partial charge in [-0.25, -0.2) is 4.98 Å². The number of nitrogens with one attached hydrogen (secondary N) is 3. The summed E-state index contributed by atoms with van der Waals surface area (Å²) < 4.78 is 0. The molecule has 0 spiro atoms. The number of likely N-dealkylation sites (tertiary alicyclic amines) is 1. The number of amides is 1. The van der Waals surface area contributed by atoms with Crippen molar-refractivity contribution in [2.24, 2.45) is 0 Å². The van der Waals surface area contributed by atoms with Gasteiger partial charge in [-0.3, -0.25) is 9.59 Å². The van der Waals surface area contributed by atoms with Crippen LogP contribution in [0, 0.1) is 0 Å². The van der Waals surface area contributed by atoms with Crippen LogP contribution in [-0.2, 0) is 4.79 Å². The number of pyridine rings is 2. The molecule has 2 aromatic heterocycles. The van der Waals surface area contributed by atoms with Crippen LogP contribution in [-0.4, -0.2) is 52.8 Å². The molecule has 1 aliphatic rings. The van der Waals surface area contributed by atoms with Crippen molar-refractivity contribution < 1.29 is 4.79 Å². The van der Waals surface area contributed by atoms with Gasteiger partial charge >= 0.3 is 0 Å². The third-order valence-corrected chi connectivity index (χ3v) is 4.50. The minimum absolute atomic E-state index is 0.0152. The predicted octanol–water partition coefficient (Wildman–Crippen LogP) is 1.73. The summed E-state index contributed by atoms with van der Waals surface area (Å²) in [5.41, 5.74) is 2.14. The molecule has 0 unspecified atom stereocenters. The lowest BCUT2D eigenvalue weighted by molar-refractivity contribution is -0.127. The highest BCUT2D eigenvalue weighted by Crippen LogP contribution is 2.22. The van der Waals surface area contributed by atoms with Crippen LogP contribution >= 0.6 is 11.6 Å². The van der Waals surface area contributed by atoms with Crippen molar-refractivity contribution in [1.29, 1.82) is 0 Å². The second-order valence-corrected chi connectivity index (χ2v) is 6.18. The van der Waals surface area contributed by atoms with Crippen molar-refractivity contribution >= 4 is 29.0 Å². The zero-order chi connectivity index (χ0) is 17.8. The fraction of sp³-hybridized carbons (Fsp3) is 0.353. The van der Waals surface area contributed by atoms with E-state index in [1.54, 1.807) is 24.3 Å². The number of H-pyrrole nitrogens is 1. The van der Waals surface area contributed by atoms with E-state index in [1.165, 1.54) is 0 Å². The lowest BCUT2D eigenvalue weighted by atomic mass is 10.1. The van der Waals surface area contributed by atoms with Crippen LogP contribution in [0.25, 0.3) is 11.1 Å². The summed E-state index contributed by atoms with van der Waals surface area (Å²) in [6.07, 6.45) is 4.18. The van der Waals surface area contributed by atoms with Gasteiger partial charge in [0.05, 0.1) is 0 Å². The Balaban J connectivity index is 1.78. The Morgan fingerprint density at radius 2 is 2.28 bits per heavy atom. The number of carbonyl (C=O) groups excluding carboxylic acids is 1. The van der Waals surface area contributed by atoms with Crippen LogP contribution in [0.3, 0.4) is 0 Å². The van der Waals surface area contributed by atoms with E-state index >= 15 is 0 Å². The quantitative estimate of drug-likeness (QED) is 0.706. The molecule has 132 valence electrons. The molecule has 7 nitrogen and oxygen atoms in total. The molecule has 3 heterocycles. The van der Waals surface area contributed by atoms with Crippen LogP contribution < -0.4 is 16.2 Å². The average Bonchev–Trinajstić information content (AvgIpc) is 3.11. The lowest BCUT2D eigenvalue weighted by Crippen LogP contribution is -2.33. The van der Waals surface area contributed by atoms with E-state index in [0.29, 0.717) is 18.8 Å². The minimum Gasteiger partial charge on any atom is -0.376 e. The lowest BCUT2D eigenvalue weighted by Gasteiger charge is -2.16. The van der Waals surface area contributed by atoms with Crippen LogP contribution in [0.2, 0.25) is 0 Å². The molecule has 0 bridgehead atoms. The van der Waals surface area contributed by atoms with Crippen molar-refractivity contribution in [2.45, 2.75) is 12.5 Å². The van der Waals surface area contributed by atoms with E-state index < -0.39 is 0 Å². The fourth-order valence-corrected chi connectivity index (χ4v) is 3.08. The molecule has 1 atom stereocenters. The molecule has 2 aromatic rings. The van der Waals surface area contributed by atoms with Gasteiger partial charge in [0.2, 0.25) is 5.91 Å². The smallest absolute Gasteiger partial charge is 0.271 e. The normalized spacial score (nSPS) is 16.7. The topological polar surface area (TPSA) is 90.1 Å². The Morgan fingerprint density at radius 1 is 1.44 bits per heavy atom. The molecule has 0 radical (unpaired) electrons. The molecular formula is C17H20ClN5O2. The molecule has 3 N–H and O–H groups in total. The summed E-state index contributed by atoms with van der Waals surface area (Å²) in [5.74, 6) is 0.660. The summed E-state index contributed by atoms with van der Waals surface area (Å²) in [4.78, 5) is 32.5. The first-order chi connectivity index (χ1) is 12.1. The molecule has 1 saturated heterocycles. The molecular weight excluding hydrogens is 342 g/mol. The fourth-order valence-electron chi connectivity index (χ4n) is 2.91. The average molecular weight is 362 g/mol. The molecule has 1 fully saturated rings. The van der Waals surface area contributed by atoms with Gasteiger partial charge in [0.1, 0.15) is 17.4 Å². The number of nitrogens with zero attached hydrogens (tertiary/aromatic N) is 2. The summed E-state index contributed by atoms with van der Waals surface area (Å²) >= 11 is 5.60. The molecule has 0 saturated carbocycles. The second-order valence-electron chi connectivity index (χ2n) is 5.91. The van der Waals surface area contributed by atoms with E-state index in [-0.39, 0.29) is 23.4 Å². The summed E-state index contributed by atoms with van der Waals surface area (Å²) in [6, 6.07) is 5.65. The first kappa shape index (κ1) is 17.3. The first-order valence-electron chi connectivity index (χ1n) is 8.08. The standard InChI is InChI=1S/C17H20ClN5O2/c1-19-15-7-11(2-4-20-15)12-6-14(17(25)21-9-12)22-13-3-5-23(10-13)16(24)8-18/h2,4,6-7,9,13,22H,3,5,8,10H2,1H3,(H,19,20)(H,21,25)/t13-/m1/s1. The number of hydrogen-bond donors (Lipinski definition) is 3. The maximum atomic E-state index is 12.1. The van der Waals surface area contributed by atoms with Gasteiger partial charge in [0, 0.05) is 44.1 Å². The predicted molar refractivity (Wildman–Crippen MR) is 99.2 cm³/mol. The maximum Gasteiger partial charge on any atom is 0.271 e. The zero-order valence-corrected chi connectivity index (χ0v) is 14.6. The van der Waals surface area contributed by atoms with Crippen LogP contribution in [0.15, 0.2) is 35.4 Å². The number of aromatic nitrogens is 2. The van der Waals surface area contributed by atoms with Crippen LogP contribution in [0.4, 0.5) is 11.5 Å². The molecule has 1 amide bonds. The van der Waals surface area contributed by atoms with Crippen molar-refractivity contribution in [3.63, 3.8) is 0 Å². The second kappa shape index (κ2) is 7.57. The monoisotopic (exact) mass is 361 g/mol. The van der Waals surface area contributed by atoms with Crippen LogP contribution in [0.1, 0.15) is 6.42 Å². The Bertz CT molecular complexity index is 823. The SMILES string of the molecule is CNc1cc(-c2c[nH]c(=O)c(N[C@@H]3CCN(C(=O)CCl)C3)c2)ccn1. The van der Waals surface area contributed by atoms with Gasteiger partial charge in [-0.1, -0.05) is 0 Å². The maximum absolute atomic E-state index is 12.1. The third-order valence-electron chi connectivity index (χ3n) is 4.27. The molecule has 3 rings (SSSR count). The van der Waals surface area contributed by atoms with Gasteiger partial charge in [0.25, 0.3) is 5.56 Å². The van der Waals surface area contributed by atoms with Crippen molar-refractivity contribution in [2.75, 3.05) is 36.7 Å². The highest BCUT2D eigenvalue weighted by atomic mass is 35.5. The van der Waals surface area contributed by atoms with E-state index in [1.807, 2.05) is 18.2 Å². The number of aromatic amines is 1. The molecule has 1 aliphatic heterocycles. The Hall–Kier alpha value is -2.54. The van der Waals surface area contributed by atoms with Crippen LogP contribution in [0.5, 0.6) is 0 Å². The Morgan fingerprint density at radius 3 is 3.04 bits per heavy atom. The van der Waals surface area contributed by atoms with Gasteiger partial charge in [-0.05, 0) is 30.2 Å². The van der Waals surface area contributed by atoms with Crippen molar-refractivity contribution in [3.8, 4) is 11.1 Å². The van der Waals surface area contributed by atoms with Gasteiger partial charge < -0.3 is 20.5 Å². The van der Waals surface area contributed by atoms with E-state index in [9.17, 15) is 9.59 Å². The number of carbonyl (C=O) groups is 1. The van der Waals surface area contributed by atoms with Crippen molar-refractivity contribution in [3.05, 3.63) is 40.9 Å². The molecule has 25 heavy (non-hydrogen) atoms.